The Morgan fingerprint density at radius 1 is 0.974 bits per heavy atom. The molecule has 5 fully saturated rings. The summed E-state index contributed by atoms with van der Waals surface area (Å²) in [7, 11) is 1.77. The van der Waals surface area contributed by atoms with Crippen LogP contribution >= 0.6 is 0 Å². The van der Waals surface area contributed by atoms with Crippen LogP contribution in [-0.2, 0) is 4.79 Å². The Morgan fingerprint density at radius 2 is 1.64 bits per heavy atom. The van der Waals surface area contributed by atoms with Gasteiger partial charge in [0.15, 0.2) is 5.78 Å². The van der Waals surface area contributed by atoms with Crippen molar-refractivity contribution in [3.05, 3.63) is 24.3 Å². The molecule has 0 amide bonds. The van der Waals surface area contributed by atoms with Gasteiger partial charge in [-0.1, -0.05) is 46.3 Å². The third-order valence-electron chi connectivity index (χ3n) is 13.1. The third-order valence-corrected chi connectivity index (χ3v) is 13.1. The highest BCUT2D eigenvalue weighted by Gasteiger charge is 2.64. The minimum Gasteiger partial charge on any atom is -0.393 e. The van der Waals surface area contributed by atoms with E-state index in [4.69, 9.17) is 0 Å². The normalized spacial score (nSPS) is 45.3. The first kappa shape index (κ1) is 30.7. The molecule has 0 aromatic carbocycles. The molecule has 39 heavy (non-hydrogen) atoms. The average Bonchev–Trinajstić information content (AvgIpc) is 3.34. The quantitative estimate of drug-likeness (QED) is 0.209. The predicted octanol–water partition coefficient (Wildman–Crippen LogP) is 9.00. The van der Waals surface area contributed by atoms with Crippen molar-refractivity contribution in [3.63, 3.8) is 0 Å². The number of allylic oxidation sites excluding steroid dienone is 3. The molecule has 5 rings (SSSR count). The summed E-state index contributed by atoms with van der Waals surface area (Å²) in [5, 5.41) is 10.7. The van der Waals surface area contributed by atoms with Crippen molar-refractivity contribution in [3.8, 4) is 0 Å². The highest BCUT2D eigenvalue weighted by atomic mass is 16.3. The summed E-state index contributed by atoms with van der Waals surface area (Å²) < 4.78 is 0. The minimum atomic E-state index is -0.0865. The summed E-state index contributed by atoms with van der Waals surface area (Å²) >= 11 is 0. The Balaban J connectivity index is 0.00000112. The molecule has 0 radical (unpaired) electrons. The zero-order chi connectivity index (χ0) is 28.4. The second-order valence-corrected chi connectivity index (χ2v) is 14.7. The van der Waals surface area contributed by atoms with Crippen LogP contribution in [0.25, 0.3) is 0 Å². The number of hydrogen-bond acceptors (Lipinski definition) is 3. The van der Waals surface area contributed by atoms with Gasteiger partial charge in [-0.25, -0.2) is 0 Å². The molecule has 0 aliphatic heterocycles. The first-order valence-electron chi connectivity index (χ1n) is 16.5. The summed E-state index contributed by atoms with van der Waals surface area (Å²) in [6, 6.07) is 0. The molecule has 0 spiro atoms. The van der Waals surface area contributed by atoms with E-state index in [0.29, 0.717) is 40.3 Å². The Morgan fingerprint density at radius 3 is 2.33 bits per heavy atom. The maximum absolute atomic E-state index is 13.1. The van der Waals surface area contributed by atoms with Gasteiger partial charge >= 0.3 is 0 Å². The lowest BCUT2D eigenvalue weighted by atomic mass is 9.37. The molecule has 10 atom stereocenters. The molecule has 5 aliphatic rings. The fourth-order valence-electron chi connectivity index (χ4n) is 11.5. The molecular weight excluding hydrogens is 478 g/mol. The van der Waals surface area contributed by atoms with Gasteiger partial charge in [0.25, 0.3) is 0 Å². The van der Waals surface area contributed by atoms with Crippen molar-refractivity contribution in [2.24, 2.45) is 56.7 Å². The minimum absolute atomic E-state index is 0.0865. The van der Waals surface area contributed by atoms with Crippen molar-refractivity contribution >= 4 is 12.0 Å². The molecule has 0 aromatic heterocycles. The van der Waals surface area contributed by atoms with Crippen LogP contribution in [0.1, 0.15) is 125 Å². The Bertz CT molecular complexity index is 936. The maximum Gasteiger partial charge on any atom is 0.164 e. The van der Waals surface area contributed by atoms with Crippen molar-refractivity contribution in [1.82, 2.24) is 0 Å². The van der Waals surface area contributed by atoms with Crippen LogP contribution in [0, 0.1) is 51.8 Å². The largest absolute Gasteiger partial charge is 0.393 e. The number of rotatable bonds is 6. The molecule has 220 valence electrons. The van der Waals surface area contributed by atoms with Gasteiger partial charge in [0.2, 0.25) is 0 Å². The predicted molar refractivity (Wildman–Crippen MR) is 165 cm³/mol. The Labute approximate surface area is 240 Å². The van der Waals surface area contributed by atoms with E-state index in [1.807, 2.05) is 6.92 Å². The summed E-state index contributed by atoms with van der Waals surface area (Å²) in [6.07, 6.45) is 22.7. The SMILES string of the molecule is C=CC.CC/C=C(\C=NC)C(=O)CCC12CCCC1C1CCC3C4(C)CCC(O)C(C)C4CCC3(C)C1CC2. The van der Waals surface area contributed by atoms with E-state index in [9.17, 15) is 9.90 Å². The van der Waals surface area contributed by atoms with Crippen molar-refractivity contribution in [1.29, 1.82) is 0 Å². The van der Waals surface area contributed by atoms with Crippen LogP contribution in [0.3, 0.4) is 0 Å². The first-order valence-corrected chi connectivity index (χ1v) is 16.5. The number of fused-ring (bicyclic) bond motifs is 7. The molecule has 5 aliphatic carbocycles. The Kier molecular flexibility index (Phi) is 9.72. The molecule has 0 saturated heterocycles. The van der Waals surface area contributed by atoms with Gasteiger partial charge in [-0.05, 0) is 136 Å². The van der Waals surface area contributed by atoms with Gasteiger partial charge in [-0.3, -0.25) is 9.79 Å². The van der Waals surface area contributed by atoms with Crippen LogP contribution in [0.15, 0.2) is 29.3 Å². The highest BCUT2D eigenvalue weighted by molar-refractivity contribution is 6.13. The standard InChI is InChI=1S/C33H53NO2.C3H6/c1-6-8-23(21-34-5)29(36)15-20-33-16-7-9-27(33)24-10-11-30-31(3)18-14-28(35)22(2)25(31)12-17-32(30,4)26(24)13-19-33;1-3-2/h8,21-22,24-28,30,35H,6-7,9-20H2,1-5H3;3H,1H2,2H3/b23-8+,34-21?;. The highest BCUT2D eigenvalue weighted by Crippen LogP contribution is 2.72. The lowest BCUT2D eigenvalue weighted by molar-refractivity contribution is -0.195. The summed E-state index contributed by atoms with van der Waals surface area (Å²) in [5.74, 6) is 4.86. The number of hydrogen-bond donors (Lipinski definition) is 1. The number of ketones is 1. The zero-order valence-corrected chi connectivity index (χ0v) is 26.2. The molecule has 3 heteroatoms. The Hall–Kier alpha value is -1.22. The maximum atomic E-state index is 13.1. The first-order chi connectivity index (χ1) is 18.6. The number of carbonyl (C=O) groups is 1. The molecule has 0 aromatic rings. The van der Waals surface area contributed by atoms with Crippen LogP contribution < -0.4 is 0 Å². The van der Waals surface area contributed by atoms with E-state index >= 15 is 0 Å². The van der Waals surface area contributed by atoms with E-state index in [1.165, 1.54) is 64.2 Å². The van der Waals surface area contributed by atoms with Gasteiger partial charge < -0.3 is 5.11 Å². The topological polar surface area (TPSA) is 49.7 Å². The molecule has 5 saturated carbocycles. The second kappa shape index (κ2) is 12.3. The van der Waals surface area contributed by atoms with Crippen molar-refractivity contribution in [2.75, 3.05) is 7.05 Å². The van der Waals surface area contributed by atoms with E-state index in [-0.39, 0.29) is 6.10 Å². The van der Waals surface area contributed by atoms with Gasteiger partial charge in [0, 0.05) is 25.3 Å². The zero-order valence-electron chi connectivity index (χ0n) is 26.2. The smallest absolute Gasteiger partial charge is 0.164 e. The monoisotopic (exact) mass is 537 g/mol. The van der Waals surface area contributed by atoms with Crippen LogP contribution in [0.4, 0.5) is 0 Å². The van der Waals surface area contributed by atoms with Crippen LogP contribution in [0.5, 0.6) is 0 Å². The van der Waals surface area contributed by atoms with Crippen LogP contribution in [-0.4, -0.2) is 30.3 Å². The fraction of sp³-hybridized carbons (Fsp3) is 0.833. The third kappa shape index (κ3) is 5.40. The fourth-order valence-corrected chi connectivity index (χ4v) is 11.5. The summed E-state index contributed by atoms with van der Waals surface area (Å²) in [5.41, 5.74) is 2.11. The second-order valence-electron chi connectivity index (χ2n) is 14.7. The molecule has 10 unspecified atom stereocenters. The molecule has 0 bridgehead atoms. The summed E-state index contributed by atoms with van der Waals surface area (Å²) in [4.78, 5) is 17.3. The lowest BCUT2D eigenvalue weighted by Gasteiger charge is -2.67. The van der Waals surface area contributed by atoms with Gasteiger partial charge in [0.05, 0.1) is 6.10 Å². The van der Waals surface area contributed by atoms with Gasteiger partial charge in [-0.15, -0.1) is 6.58 Å². The van der Waals surface area contributed by atoms with Gasteiger partial charge in [0.1, 0.15) is 0 Å². The van der Waals surface area contributed by atoms with Crippen molar-refractivity contribution < 1.29 is 9.90 Å². The number of carbonyl (C=O) groups excluding carboxylic acids is 1. The van der Waals surface area contributed by atoms with Crippen LogP contribution in [0.2, 0.25) is 0 Å². The summed E-state index contributed by atoms with van der Waals surface area (Å²) in [6.45, 7) is 15.0. The number of Topliss-reactive ketones (excluding diaryl/α,β-unsaturated/α-hetero) is 1. The molecule has 0 heterocycles. The molecule has 1 N–H and O–H groups in total. The van der Waals surface area contributed by atoms with E-state index in [0.717, 1.165) is 48.5 Å². The average molecular weight is 538 g/mol. The van der Waals surface area contributed by atoms with Crippen molar-refractivity contribution in [2.45, 2.75) is 131 Å². The number of nitrogens with zero attached hydrogens (tertiary/aromatic N) is 1. The van der Waals surface area contributed by atoms with E-state index in [2.05, 4.69) is 45.3 Å². The van der Waals surface area contributed by atoms with E-state index in [1.54, 1.807) is 19.3 Å². The van der Waals surface area contributed by atoms with E-state index < -0.39 is 0 Å². The number of aliphatic hydroxyl groups is 1. The molecular formula is C36H59NO2. The molecule has 3 nitrogen and oxygen atoms in total. The lowest BCUT2D eigenvalue weighted by Crippen LogP contribution is -2.61. The number of aliphatic imine (C=N–C) groups is 1. The van der Waals surface area contributed by atoms with Gasteiger partial charge in [-0.2, -0.15) is 0 Å². The number of aliphatic hydroxyl groups excluding tert-OH is 1.